The summed E-state index contributed by atoms with van der Waals surface area (Å²) in [7, 11) is 0. The molecule has 9 atom stereocenters. The summed E-state index contributed by atoms with van der Waals surface area (Å²) in [6, 6.07) is 0. The van der Waals surface area contributed by atoms with Crippen LogP contribution in [0.3, 0.4) is 0 Å². The summed E-state index contributed by atoms with van der Waals surface area (Å²) >= 11 is 0. The molecule has 0 radical (unpaired) electrons. The third-order valence-corrected chi connectivity index (χ3v) is 11.3. The second-order valence-corrected chi connectivity index (χ2v) is 13.5. The van der Waals surface area contributed by atoms with Crippen molar-refractivity contribution in [3.05, 3.63) is 23.3 Å². The number of aldehydes is 1. The highest BCUT2D eigenvalue weighted by molar-refractivity contribution is 5.90. The third kappa shape index (κ3) is 3.45. The van der Waals surface area contributed by atoms with Crippen LogP contribution in [0.2, 0.25) is 0 Å². The monoisotopic (exact) mass is 470 g/mol. The molecule has 4 heteroatoms. The average molecular weight is 471 g/mol. The summed E-state index contributed by atoms with van der Waals surface area (Å²) < 4.78 is 0. The van der Waals surface area contributed by atoms with E-state index in [4.69, 9.17) is 0 Å². The molecule has 0 aromatic heterocycles. The predicted octanol–water partition coefficient (Wildman–Crippen LogP) is 5.66. The van der Waals surface area contributed by atoms with Crippen LogP contribution >= 0.6 is 0 Å². The number of aliphatic hydroxyl groups excluding tert-OH is 2. The maximum atomic E-state index is 13.1. The molecular weight excluding hydrogens is 424 g/mol. The van der Waals surface area contributed by atoms with Gasteiger partial charge in [-0.05, 0) is 87.0 Å². The summed E-state index contributed by atoms with van der Waals surface area (Å²) in [5.74, 6) is 0.847. The Labute approximate surface area is 206 Å². The normalized spacial score (nSPS) is 45.8. The van der Waals surface area contributed by atoms with Gasteiger partial charge in [-0.15, -0.1) is 0 Å². The van der Waals surface area contributed by atoms with Gasteiger partial charge in [0.1, 0.15) is 6.29 Å². The molecule has 3 saturated carbocycles. The molecule has 0 heterocycles. The first-order chi connectivity index (χ1) is 15.7. The van der Waals surface area contributed by atoms with Gasteiger partial charge in [0.15, 0.2) is 5.78 Å². The Bertz CT molecular complexity index is 911. The van der Waals surface area contributed by atoms with Crippen molar-refractivity contribution >= 4 is 12.1 Å². The Hall–Kier alpha value is -1.26. The molecule has 0 bridgehead atoms. The highest BCUT2D eigenvalue weighted by Gasteiger charge is 2.70. The van der Waals surface area contributed by atoms with Gasteiger partial charge >= 0.3 is 0 Å². The van der Waals surface area contributed by atoms with Crippen molar-refractivity contribution in [2.45, 2.75) is 106 Å². The molecule has 1 unspecified atom stereocenters. The van der Waals surface area contributed by atoms with E-state index in [0.29, 0.717) is 18.8 Å². The van der Waals surface area contributed by atoms with E-state index < -0.39 is 23.0 Å². The van der Waals surface area contributed by atoms with Gasteiger partial charge in [0.2, 0.25) is 0 Å². The largest absolute Gasteiger partial charge is 0.392 e. The molecule has 190 valence electrons. The molecule has 0 saturated heterocycles. The van der Waals surface area contributed by atoms with Crippen molar-refractivity contribution < 1.29 is 19.8 Å². The number of rotatable bonds is 5. The number of aliphatic hydroxyl groups is 2. The maximum absolute atomic E-state index is 13.1. The fourth-order valence-electron chi connectivity index (χ4n) is 9.39. The van der Waals surface area contributed by atoms with Crippen molar-refractivity contribution in [3.63, 3.8) is 0 Å². The highest BCUT2D eigenvalue weighted by Crippen LogP contribution is 2.74. The molecule has 2 N–H and O–H groups in total. The lowest BCUT2D eigenvalue weighted by atomic mass is 9.38. The smallest absolute Gasteiger partial charge is 0.155 e. The SMILES string of the molecule is CC(C)=CC(=O)C[C@@H](C)[C@H]1CC[C@@]2(C)C3[C@@H](O)C=C4[C@@H](CC[C@H](O)C4(C)C)[C@]3(C=O)CC[C@]12C. The second kappa shape index (κ2) is 8.40. The van der Waals surface area contributed by atoms with Crippen molar-refractivity contribution in [2.75, 3.05) is 0 Å². The molecule has 0 spiro atoms. The zero-order valence-corrected chi connectivity index (χ0v) is 22.4. The van der Waals surface area contributed by atoms with E-state index in [-0.39, 0.29) is 34.4 Å². The fourth-order valence-corrected chi connectivity index (χ4v) is 9.39. The number of hydrogen-bond donors (Lipinski definition) is 2. The Balaban J connectivity index is 1.72. The van der Waals surface area contributed by atoms with Crippen LogP contribution in [-0.4, -0.2) is 34.5 Å². The van der Waals surface area contributed by atoms with Crippen LogP contribution in [-0.2, 0) is 9.59 Å². The zero-order chi connectivity index (χ0) is 25.3. The Morgan fingerprint density at radius 1 is 1.06 bits per heavy atom. The first-order valence-electron chi connectivity index (χ1n) is 13.5. The number of hydrogen-bond acceptors (Lipinski definition) is 4. The molecule has 0 aromatic rings. The van der Waals surface area contributed by atoms with E-state index in [2.05, 4.69) is 34.6 Å². The zero-order valence-electron chi connectivity index (χ0n) is 22.4. The summed E-state index contributed by atoms with van der Waals surface area (Å²) in [5, 5.41) is 22.4. The van der Waals surface area contributed by atoms with Crippen LogP contribution in [0.25, 0.3) is 0 Å². The summed E-state index contributed by atoms with van der Waals surface area (Å²) in [5.41, 5.74) is 0.929. The van der Waals surface area contributed by atoms with Crippen molar-refractivity contribution in [2.24, 2.45) is 45.3 Å². The molecule has 0 amide bonds. The molecule has 3 fully saturated rings. The summed E-state index contributed by atoms with van der Waals surface area (Å²) in [6.45, 7) is 15.0. The molecule has 0 aromatic carbocycles. The van der Waals surface area contributed by atoms with Gasteiger partial charge in [-0.3, -0.25) is 4.79 Å². The van der Waals surface area contributed by atoms with Gasteiger partial charge < -0.3 is 15.0 Å². The molecule has 4 aliphatic rings. The molecule has 0 aliphatic heterocycles. The first-order valence-corrected chi connectivity index (χ1v) is 13.5. The van der Waals surface area contributed by atoms with Gasteiger partial charge in [-0.1, -0.05) is 51.8 Å². The minimum atomic E-state index is -0.688. The lowest BCUT2D eigenvalue weighted by molar-refractivity contribution is -0.182. The van der Waals surface area contributed by atoms with Crippen LogP contribution in [0, 0.1) is 45.3 Å². The van der Waals surface area contributed by atoms with Gasteiger partial charge in [-0.2, -0.15) is 0 Å². The number of allylic oxidation sites excluding steroid dienone is 2. The van der Waals surface area contributed by atoms with Crippen LogP contribution in [0.4, 0.5) is 0 Å². The van der Waals surface area contributed by atoms with E-state index in [0.717, 1.165) is 43.3 Å². The average Bonchev–Trinajstić information content (AvgIpc) is 3.01. The van der Waals surface area contributed by atoms with E-state index in [9.17, 15) is 19.8 Å². The van der Waals surface area contributed by atoms with Crippen LogP contribution < -0.4 is 0 Å². The Morgan fingerprint density at radius 3 is 2.35 bits per heavy atom. The van der Waals surface area contributed by atoms with Crippen LogP contribution in [0.5, 0.6) is 0 Å². The molecule has 4 nitrogen and oxygen atoms in total. The minimum Gasteiger partial charge on any atom is -0.392 e. The van der Waals surface area contributed by atoms with Crippen LogP contribution in [0.1, 0.15) is 93.4 Å². The van der Waals surface area contributed by atoms with Gasteiger partial charge in [-0.25, -0.2) is 0 Å². The predicted molar refractivity (Wildman–Crippen MR) is 135 cm³/mol. The summed E-state index contributed by atoms with van der Waals surface area (Å²) in [4.78, 5) is 25.7. The molecular formula is C30H46O4. The van der Waals surface area contributed by atoms with E-state index >= 15 is 0 Å². The lowest BCUT2D eigenvalue weighted by Gasteiger charge is -2.66. The van der Waals surface area contributed by atoms with Gasteiger partial charge in [0, 0.05) is 23.2 Å². The topological polar surface area (TPSA) is 74.6 Å². The van der Waals surface area contributed by atoms with E-state index in [1.54, 1.807) is 6.08 Å². The van der Waals surface area contributed by atoms with Crippen molar-refractivity contribution in [1.82, 2.24) is 0 Å². The quantitative estimate of drug-likeness (QED) is 0.309. The Morgan fingerprint density at radius 2 is 1.74 bits per heavy atom. The number of ketones is 1. The highest BCUT2D eigenvalue weighted by atomic mass is 16.3. The van der Waals surface area contributed by atoms with E-state index in [1.165, 1.54) is 6.29 Å². The number of carbonyl (C=O) groups excluding carboxylic acids is 2. The molecule has 34 heavy (non-hydrogen) atoms. The summed E-state index contributed by atoms with van der Waals surface area (Å²) in [6.07, 6.45) is 9.68. The van der Waals surface area contributed by atoms with Crippen molar-refractivity contribution in [1.29, 1.82) is 0 Å². The third-order valence-electron chi connectivity index (χ3n) is 11.3. The van der Waals surface area contributed by atoms with Crippen molar-refractivity contribution in [3.8, 4) is 0 Å². The first kappa shape index (κ1) is 25.8. The lowest BCUT2D eigenvalue weighted by Crippen LogP contribution is -2.64. The second-order valence-electron chi connectivity index (χ2n) is 13.5. The standard InChI is InChI=1S/C30H46O4/c1-18(2)14-20(32)15-19(3)21-10-11-29(7)26-24(33)16-23-22(8-9-25(34)27(23,4)5)30(26,17-31)13-12-28(21,29)6/h14,16-17,19,21-22,24-26,33-34H,8-13,15H2,1-7H3/t19-,21-,22-,24+,25+,26?,28-,29+,30-/m1/s1. The van der Waals surface area contributed by atoms with E-state index in [1.807, 2.05) is 19.9 Å². The number of carbonyl (C=O) groups is 2. The van der Waals surface area contributed by atoms with Gasteiger partial charge in [0.05, 0.1) is 12.2 Å². The fraction of sp³-hybridized carbons (Fsp3) is 0.800. The van der Waals surface area contributed by atoms with Crippen LogP contribution in [0.15, 0.2) is 23.3 Å². The maximum Gasteiger partial charge on any atom is 0.155 e. The minimum absolute atomic E-state index is 0.0229. The number of fused-ring (bicyclic) bond motifs is 5. The Kier molecular flexibility index (Phi) is 6.38. The van der Waals surface area contributed by atoms with Gasteiger partial charge in [0.25, 0.3) is 0 Å². The molecule has 4 aliphatic carbocycles. The molecule has 4 rings (SSSR count).